The standard InChI is InChI=1S/C3H8O3.Mg/c4-1-3(6)2-5;/h3-6H,1-2H2;. The zero-order valence-corrected chi connectivity index (χ0v) is 5.45. The normalized spacial score (nSPS) is 8.57. The van der Waals surface area contributed by atoms with Gasteiger partial charge in [0.25, 0.3) is 0 Å². The molecule has 0 atom stereocenters. The third-order valence-electron chi connectivity index (χ3n) is 0.421. The Morgan fingerprint density at radius 2 is 1.43 bits per heavy atom. The van der Waals surface area contributed by atoms with Gasteiger partial charge in [-0.2, -0.15) is 0 Å². The molecule has 0 bridgehead atoms. The van der Waals surface area contributed by atoms with Gasteiger partial charge < -0.3 is 15.3 Å². The number of aliphatic hydroxyl groups is 3. The van der Waals surface area contributed by atoms with Gasteiger partial charge in [0.2, 0.25) is 0 Å². The molecule has 0 amide bonds. The van der Waals surface area contributed by atoms with Crippen molar-refractivity contribution < 1.29 is 15.3 Å². The van der Waals surface area contributed by atoms with E-state index in [9.17, 15) is 0 Å². The SMILES string of the molecule is OCC(O)CO.[Mg]. The molecule has 0 heterocycles. The third kappa shape index (κ3) is 6.65. The molecule has 0 aromatic heterocycles. The first kappa shape index (κ1) is 10.6. The van der Waals surface area contributed by atoms with E-state index in [0.29, 0.717) is 0 Å². The summed E-state index contributed by atoms with van der Waals surface area (Å²) in [7, 11) is 0. The lowest BCUT2D eigenvalue weighted by Gasteiger charge is -1.96. The highest BCUT2D eigenvalue weighted by Crippen LogP contribution is 1.71. The Morgan fingerprint density at radius 3 is 1.43 bits per heavy atom. The molecule has 0 aliphatic heterocycles. The van der Waals surface area contributed by atoms with Gasteiger partial charge in [-0.3, -0.25) is 0 Å². The molecule has 0 aliphatic rings. The first-order chi connectivity index (χ1) is 2.81. The highest BCUT2D eigenvalue weighted by atomic mass is 24.3. The van der Waals surface area contributed by atoms with Crippen molar-refractivity contribution >= 4 is 23.1 Å². The molecule has 3 nitrogen and oxygen atoms in total. The predicted molar refractivity (Wildman–Crippen MR) is 25.9 cm³/mol. The van der Waals surface area contributed by atoms with Gasteiger partial charge in [-0.15, -0.1) is 0 Å². The third-order valence-corrected chi connectivity index (χ3v) is 0.421. The van der Waals surface area contributed by atoms with Crippen LogP contribution in [0, 0.1) is 0 Å². The number of rotatable bonds is 2. The van der Waals surface area contributed by atoms with Gasteiger partial charge in [0.1, 0.15) is 6.10 Å². The van der Waals surface area contributed by atoms with Gasteiger partial charge in [0.15, 0.2) is 0 Å². The molecule has 0 rings (SSSR count). The Morgan fingerprint density at radius 1 is 1.14 bits per heavy atom. The molecule has 0 fully saturated rings. The molecule has 3 N–H and O–H groups in total. The fourth-order valence-electron chi connectivity index (χ4n) is 0.0577. The van der Waals surface area contributed by atoms with E-state index in [1.807, 2.05) is 0 Å². The van der Waals surface area contributed by atoms with E-state index in [2.05, 4.69) is 0 Å². The Kier molecular flexibility index (Phi) is 10.1. The Balaban J connectivity index is 0. The summed E-state index contributed by atoms with van der Waals surface area (Å²) < 4.78 is 0. The van der Waals surface area contributed by atoms with Crippen molar-refractivity contribution in [1.29, 1.82) is 0 Å². The van der Waals surface area contributed by atoms with E-state index < -0.39 is 6.10 Å². The van der Waals surface area contributed by atoms with E-state index in [4.69, 9.17) is 15.3 Å². The van der Waals surface area contributed by atoms with E-state index in [0.717, 1.165) is 0 Å². The summed E-state index contributed by atoms with van der Waals surface area (Å²) in [4.78, 5) is 0. The lowest BCUT2D eigenvalue weighted by molar-refractivity contribution is 0.0450. The van der Waals surface area contributed by atoms with Gasteiger partial charge in [0.05, 0.1) is 13.2 Å². The average molecular weight is 116 g/mol. The van der Waals surface area contributed by atoms with Gasteiger partial charge in [0, 0.05) is 23.1 Å². The summed E-state index contributed by atoms with van der Waals surface area (Å²) in [5, 5.41) is 24.0. The van der Waals surface area contributed by atoms with Crippen LogP contribution >= 0.6 is 0 Å². The van der Waals surface area contributed by atoms with Gasteiger partial charge in [-0.05, 0) is 0 Å². The topological polar surface area (TPSA) is 60.7 Å². The summed E-state index contributed by atoms with van der Waals surface area (Å²) in [5.74, 6) is 0. The minimum absolute atomic E-state index is 0. The van der Waals surface area contributed by atoms with E-state index in [1.54, 1.807) is 0 Å². The Bertz CT molecular complexity index is 29.4. The Hall–Kier alpha value is 0.646. The van der Waals surface area contributed by atoms with Crippen LogP contribution in [0.1, 0.15) is 0 Å². The molecule has 0 unspecified atom stereocenters. The summed E-state index contributed by atoms with van der Waals surface area (Å²) in [5.41, 5.74) is 0. The van der Waals surface area contributed by atoms with Gasteiger partial charge in [-0.25, -0.2) is 0 Å². The van der Waals surface area contributed by atoms with Crippen molar-refractivity contribution in [2.45, 2.75) is 6.10 Å². The maximum atomic E-state index is 8.17. The summed E-state index contributed by atoms with van der Waals surface area (Å²) in [6.45, 7) is -0.729. The zero-order valence-electron chi connectivity index (χ0n) is 4.04. The van der Waals surface area contributed by atoms with Crippen molar-refractivity contribution in [1.82, 2.24) is 0 Å². The summed E-state index contributed by atoms with van der Waals surface area (Å²) >= 11 is 0. The minimum Gasteiger partial charge on any atom is -0.394 e. The smallest absolute Gasteiger partial charge is 0.100 e. The molecule has 0 aromatic rings. The predicted octanol–water partition coefficient (Wildman–Crippen LogP) is -2.05. The fourth-order valence-corrected chi connectivity index (χ4v) is 0.0577. The van der Waals surface area contributed by atoms with E-state index in [-0.39, 0.29) is 36.3 Å². The summed E-state index contributed by atoms with van der Waals surface area (Å²) in [6, 6.07) is 0. The summed E-state index contributed by atoms with van der Waals surface area (Å²) in [6.07, 6.45) is -0.954. The van der Waals surface area contributed by atoms with Crippen molar-refractivity contribution in [3.63, 3.8) is 0 Å². The fraction of sp³-hybridized carbons (Fsp3) is 1.00. The monoisotopic (exact) mass is 116 g/mol. The van der Waals surface area contributed by atoms with Crippen LogP contribution in [0.5, 0.6) is 0 Å². The van der Waals surface area contributed by atoms with Crippen LogP contribution in [0.3, 0.4) is 0 Å². The second-order valence-corrected chi connectivity index (χ2v) is 1.02. The minimum atomic E-state index is -0.954. The lowest BCUT2D eigenvalue weighted by atomic mass is 10.4. The van der Waals surface area contributed by atoms with Crippen molar-refractivity contribution in [3.8, 4) is 0 Å². The second kappa shape index (κ2) is 6.65. The van der Waals surface area contributed by atoms with E-state index >= 15 is 0 Å². The molecule has 40 valence electrons. The first-order valence-electron chi connectivity index (χ1n) is 1.71. The molecule has 0 saturated heterocycles. The van der Waals surface area contributed by atoms with Crippen molar-refractivity contribution in [2.75, 3.05) is 13.2 Å². The molecule has 0 aliphatic carbocycles. The average Bonchev–Trinajstić information content (AvgIpc) is 1.65. The molecule has 0 saturated carbocycles. The van der Waals surface area contributed by atoms with Crippen LogP contribution < -0.4 is 0 Å². The van der Waals surface area contributed by atoms with Gasteiger partial charge in [-0.1, -0.05) is 0 Å². The van der Waals surface area contributed by atoms with Crippen LogP contribution in [0.4, 0.5) is 0 Å². The molecule has 4 heteroatoms. The molecule has 2 radical (unpaired) electrons. The van der Waals surface area contributed by atoms with Crippen LogP contribution in [-0.4, -0.2) is 57.7 Å². The molecule has 0 spiro atoms. The van der Waals surface area contributed by atoms with Crippen LogP contribution in [0.2, 0.25) is 0 Å². The number of hydrogen-bond donors (Lipinski definition) is 3. The van der Waals surface area contributed by atoms with Crippen LogP contribution in [0.25, 0.3) is 0 Å². The quantitative estimate of drug-likeness (QED) is 0.364. The highest BCUT2D eigenvalue weighted by Gasteiger charge is 1.93. The lowest BCUT2D eigenvalue weighted by Crippen LogP contribution is -2.15. The highest BCUT2D eigenvalue weighted by molar-refractivity contribution is 5.75. The number of hydrogen-bond acceptors (Lipinski definition) is 3. The molecular weight excluding hydrogens is 108 g/mol. The molecular formula is C3H8MgO3. The Labute approximate surface area is 58.1 Å². The largest absolute Gasteiger partial charge is 0.394 e. The van der Waals surface area contributed by atoms with Crippen molar-refractivity contribution in [3.05, 3.63) is 0 Å². The van der Waals surface area contributed by atoms with Crippen LogP contribution in [0.15, 0.2) is 0 Å². The second-order valence-electron chi connectivity index (χ2n) is 1.02. The number of aliphatic hydroxyl groups excluding tert-OH is 3. The van der Waals surface area contributed by atoms with Gasteiger partial charge >= 0.3 is 0 Å². The first-order valence-corrected chi connectivity index (χ1v) is 1.71. The van der Waals surface area contributed by atoms with Crippen LogP contribution in [-0.2, 0) is 0 Å². The van der Waals surface area contributed by atoms with Crippen molar-refractivity contribution in [2.24, 2.45) is 0 Å². The molecule has 0 aromatic carbocycles. The van der Waals surface area contributed by atoms with E-state index in [1.165, 1.54) is 0 Å². The molecule has 7 heavy (non-hydrogen) atoms. The zero-order chi connectivity index (χ0) is 4.99. The maximum Gasteiger partial charge on any atom is 0.100 e. The maximum absolute atomic E-state index is 8.17.